The van der Waals surface area contributed by atoms with E-state index in [0.29, 0.717) is 35.6 Å². The van der Waals surface area contributed by atoms with E-state index in [-0.39, 0.29) is 11.3 Å². The SMILES string of the molecule is O=C1C(=O)N(CCc2ccccc2)C(c2cccc(Oc3ccccc3)c2)C1=C(O)c1ccccc1. The molecule has 0 bridgehead atoms. The molecule has 1 N–H and O–H groups in total. The first-order valence-electron chi connectivity index (χ1n) is 11.8. The standard InChI is InChI=1S/C31H25NO4/c33-29(23-13-6-2-7-14-23)27-28(24-15-10-18-26(21-24)36-25-16-8-3-9-17-25)32(31(35)30(27)34)20-19-22-11-4-1-5-12-22/h1-18,21,28,33H,19-20H2. The summed E-state index contributed by atoms with van der Waals surface area (Å²) in [6.07, 6.45) is 0.579. The van der Waals surface area contributed by atoms with Gasteiger partial charge in [0, 0.05) is 12.1 Å². The first-order chi connectivity index (χ1) is 17.6. The molecule has 1 aliphatic rings. The second-order valence-corrected chi connectivity index (χ2v) is 8.58. The van der Waals surface area contributed by atoms with Gasteiger partial charge in [0.1, 0.15) is 17.3 Å². The normalized spacial score (nSPS) is 16.8. The summed E-state index contributed by atoms with van der Waals surface area (Å²) in [6, 6.07) is 34.6. The van der Waals surface area contributed by atoms with Gasteiger partial charge in [-0.3, -0.25) is 9.59 Å². The largest absolute Gasteiger partial charge is 0.507 e. The molecule has 1 heterocycles. The van der Waals surface area contributed by atoms with Gasteiger partial charge in [-0.1, -0.05) is 91.0 Å². The third-order valence-electron chi connectivity index (χ3n) is 6.22. The van der Waals surface area contributed by atoms with E-state index in [0.717, 1.165) is 5.56 Å². The Labute approximate surface area is 209 Å². The topological polar surface area (TPSA) is 66.8 Å². The molecule has 4 aromatic rings. The van der Waals surface area contributed by atoms with Crippen molar-refractivity contribution >= 4 is 17.4 Å². The summed E-state index contributed by atoms with van der Waals surface area (Å²) in [4.78, 5) is 28.0. The molecule has 36 heavy (non-hydrogen) atoms. The van der Waals surface area contributed by atoms with Gasteiger partial charge in [-0.15, -0.1) is 0 Å². The van der Waals surface area contributed by atoms with Gasteiger partial charge >= 0.3 is 0 Å². The fraction of sp³-hybridized carbons (Fsp3) is 0.0968. The van der Waals surface area contributed by atoms with Crippen LogP contribution >= 0.6 is 0 Å². The lowest BCUT2D eigenvalue weighted by Gasteiger charge is -2.25. The number of rotatable bonds is 7. The average molecular weight is 476 g/mol. The van der Waals surface area contributed by atoms with Gasteiger partial charge in [0.05, 0.1) is 11.6 Å². The summed E-state index contributed by atoms with van der Waals surface area (Å²) < 4.78 is 6.01. The number of hydrogen-bond acceptors (Lipinski definition) is 4. The first-order valence-corrected chi connectivity index (χ1v) is 11.8. The van der Waals surface area contributed by atoms with Crippen molar-refractivity contribution in [2.24, 2.45) is 0 Å². The van der Waals surface area contributed by atoms with Gasteiger partial charge in [0.15, 0.2) is 0 Å². The Morgan fingerprint density at radius 2 is 1.36 bits per heavy atom. The lowest BCUT2D eigenvalue weighted by atomic mass is 9.95. The Hall–Kier alpha value is -4.64. The molecule has 1 fully saturated rings. The Balaban J connectivity index is 1.56. The van der Waals surface area contributed by atoms with Gasteiger partial charge in [-0.05, 0) is 41.8 Å². The highest BCUT2D eigenvalue weighted by Gasteiger charge is 2.45. The summed E-state index contributed by atoms with van der Waals surface area (Å²) in [6.45, 7) is 0.328. The number of amides is 1. The minimum atomic E-state index is -0.742. The third kappa shape index (κ3) is 4.77. The average Bonchev–Trinajstić information content (AvgIpc) is 3.18. The van der Waals surface area contributed by atoms with E-state index in [4.69, 9.17) is 4.74 Å². The molecule has 0 saturated carbocycles. The van der Waals surface area contributed by atoms with Crippen molar-refractivity contribution in [2.45, 2.75) is 12.5 Å². The summed E-state index contributed by atoms with van der Waals surface area (Å²) in [5, 5.41) is 11.2. The maximum Gasteiger partial charge on any atom is 0.295 e. The van der Waals surface area contributed by atoms with Crippen molar-refractivity contribution in [3.63, 3.8) is 0 Å². The van der Waals surface area contributed by atoms with Crippen molar-refractivity contribution in [3.8, 4) is 11.5 Å². The van der Waals surface area contributed by atoms with E-state index >= 15 is 0 Å². The number of likely N-dealkylation sites (tertiary alicyclic amines) is 1. The molecule has 0 spiro atoms. The number of Topliss-reactive ketones (excluding diaryl/α,β-unsaturated/α-hetero) is 1. The third-order valence-corrected chi connectivity index (χ3v) is 6.22. The molecule has 178 valence electrons. The van der Waals surface area contributed by atoms with Gasteiger partial charge in [0.2, 0.25) is 0 Å². The van der Waals surface area contributed by atoms with Gasteiger partial charge in [-0.25, -0.2) is 0 Å². The van der Waals surface area contributed by atoms with E-state index in [9.17, 15) is 14.7 Å². The van der Waals surface area contributed by atoms with Crippen LogP contribution in [0.25, 0.3) is 5.76 Å². The highest BCUT2D eigenvalue weighted by Crippen LogP contribution is 2.40. The zero-order valence-corrected chi connectivity index (χ0v) is 19.6. The van der Waals surface area contributed by atoms with E-state index < -0.39 is 17.7 Å². The zero-order valence-electron chi connectivity index (χ0n) is 19.6. The van der Waals surface area contributed by atoms with Crippen molar-refractivity contribution in [2.75, 3.05) is 6.54 Å². The Morgan fingerprint density at radius 1 is 0.750 bits per heavy atom. The second kappa shape index (κ2) is 10.3. The van der Waals surface area contributed by atoms with Gasteiger partial charge < -0.3 is 14.7 Å². The molecule has 1 saturated heterocycles. The Bertz CT molecular complexity index is 1400. The van der Waals surface area contributed by atoms with Crippen LogP contribution in [0, 0.1) is 0 Å². The lowest BCUT2D eigenvalue weighted by Crippen LogP contribution is -2.31. The summed E-state index contributed by atoms with van der Waals surface area (Å²) in [7, 11) is 0. The molecule has 5 heteroatoms. The predicted octanol–water partition coefficient (Wildman–Crippen LogP) is 6.14. The number of carbonyl (C=O) groups excluding carboxylic acids is 2. The molecule has 4 aromatic carbocycles. The van der Waals surface area contributed by atoms with Crippen LogP contribution in [0.1, 0.15) is 22.7 Å². The predicted molar refractivity (Wildman–Crippen MR) is 139 cm³/mol. The fourth-order valence-electron chi connectivity index (χ4n) is 4.48. The van der Waals surface area contributed by atoms with Crippen molar-refractivity contribution in [1.82, 2.24) is 4.90 Å². The maximum atomic E-state index is 13.3. The molecule has 1 atom stereocenters. The van der Waals surface area contributed by atoms with Crippen LogP contribution in [-0.4, -0.2) is 28.2 Å². The Kier molecular flexibility index (Phi) is 6.63. The van der Waals surface area contributed by atoms with Crippen molar-refractivity contribution in [3.05, 3.63) is 138 Å². The molecule has 1 unspecified atom stereocenters. The number of carbonyl (C=O) groups is 2. The monoisotopic (exact) mass is 475 g/mol. The highest BCUT2D eigenvalue weighted by atomic mass is 16.5. The zero-order chi connectivity index (χ0) is 24.9. The molecular weight excluding hydrogens is 450 g/mol. The number of para-hydroxylation sites is 1. The summed E-state index contributed by atoms with van der Waals surface area (Å²) >= 11 is 0. The minimum absolute atomic E-state index is 0.0797. The minimum Gasteiger partial charge on any atom is -0.507 e. The molecule has 0 aliphatic carbocycles. The second-order valence-electron chi connectivity index (χ2n) is 8.58. The van der Waals surface area contributed by atoms with Crippen LogP contribution in [0.15, 0.2) is 121 Å². The first kappa shape index (κ1) is 23.1. The van der Waals surface area contributed by atoms with Crippen LogP contribution in [0.4, 0.5) is 0 Å². The van der Waals surface area contributed by atoms with Crippen molar-refractivity contribution < 1.29 is 19.4 Å². The van der Waals surface area contributed by atoms with Crippen LogP contribution in [0.3, 0.4) is 0 Å². The number of aliphatic hydroxyl groups excluding tert-OH is 1. The summed E-state index contributed by atoms with van der Waals surface area (Å²) in [5.74, 6) is -0.244. The van der Waals surface area contributed by atoms with Crippen LogP contribution in [0.2, 0.25) is 0 Å². The van der Waals surface area contributed by atoms with E-state index in [1.807, 2.05) is 91.0 Å². The van der Waals surface area contributed by atoms with Crippen LogP contribution < -0.4 is 4.74 Å². The molecule has 0 radical (unpaired) electrons. The smallest absolute Gasteiger partial charge is 0.295 e. The van der Waals surface area contributed by atoms with E-state index in [1.54, 1.807) is 29.2 Å². The van der Waals surface area contributed by atoms with Crippen LogP contribution in [0.5, 0.6) is 11.5 Å². The highest BCUT2D eigenvalue weighted by molar-refractivity contribution is 6.46. The number of benzene rings is 4. The van der Waals surface area contributed by atoms with E-state index in [1.165, 1.54) is 0 Å². The maximum absolute atomic E-state index is 13.3. The molecular formula is C31H25NO4. The van der Waals surface area contributed by atoms with Gasteiger partial charge in [-0.2, -0.15) is 0 Å². The number of hydrogen-bond donors (Lipinski definition) is 1. The summed E-state index contributed by atoms with van der Waals surface area (Å²) in [5.41, 5.74) is 2.31. The molecule has 5 rings (SSSR count). The molecule has 5 nitrogen and oxygen atoms in total. The lowest BCUT2D eigenvalue weighted by molar-refractivity contribution is -0.139. The Morgan fingerprint density at radius 3 is 2.06 bits per heavy atom. The van der Waals surface area contributed by atoms with Crippen molar-refractivity contribution in [1.29, 1.82) is 0 Å². The molecule has 1 amide bonds. The molecule has 1 aliphatic heterocycles. The number of ketones is 1. The number of aliphatic hydroxyl groups is 1. The van der Waals surface area contributed by atoms with E-state index in [2.05, 4.69) is 0 Å². The quantitative estimate of drug-likeness (QED) is 0.198. The fourth-order valence-corrected chi connectivity index (χ4v) is 4.48. The van der Waals surface area contributed by atoms with Gasteiger partial charge in [0.25, 0.3) is 11.7 Å². The number of nitrogens with zero attached hydrogens (tertiary/aromatic N) is 1. The molecule has 0 aromatic heterocycles. The number of ether oxygens (including phenoxy) is 1. The van der Waals surface area contributed by atoms with Crippen LogP contribution in [-0.2, 0) is 16.0 Å².